The number of ether oxygens (including phenoxy) is 2. The zero-order valence-electron chi connectivity index (χ0n) is 28.6. The van der Waals surface area contributed by atoms with E-state index in [0.717, 1.165) is 33.4 Å². The van der Waals surface area contributed by atoms with Crippen LogP contribution in [0, 0.1) is 0 Å². The molecule has 0 N–H and O–H groups in total. The fourth-order valence-corrected chi connectivity index (χ4v) is 9.19. The normalized spacial score (nSPS) is 21.2. The number of benzene rings is 6. The van der Waals surface area contributed by atoms with Gasteiger partial charge < -0.3 is 18.5 Å². The van der Waals surface area contributed by atoms with Gasteiger partial charge in [-0.25, -0.2) is 0 Å². The summed E-state index contributed by atoms with van der Waals surface area (Å²) in [6.07, 6.45) is -1.41. The Bertz CT molecular complexity index is 1780. The summed E-state index contributed by atoms with van der Waals surface area (Å²) in [7, 11) is -1.63. The van der Waals surface area contributed by atoms with Gasteiger partial charge in [-0.3, -0.25) is 0 Å². The monoisotopic (exact) mass is 676 g/mol. The van der Waals surface area contributed by atoms with Gasteiger partial charge in [0.15, 0.2) is 19.6 Å². The molecule has 5 heteroatoms. The molecule has 0 saturated carbocycles. The van der Waals surface area contributed by atoms with Gasteiger partial charge in [0.05, 0.1) is 0 Å². The summed E-state index contributed by atoms with van der Waals surface area (Å²) in [4.78, 5) is 0. The van der Waals surface area contributed by atoms with E-state index in [9.17, 15) is 0 Å². The topological polar surface area (TPSA) is 36.9 Å². The highest BCUT2D eigenvalue weighted by atomic mass is 31.2. The summed E-state index contributed by atoms with van der Waals surface area (Å²) in [5, 5.41) is -0.395. The van der Waals surface area contributed by atoms with E-state index < -0.39 is 42.7 Å². The number of hydrogen-bond donors (Lipinski definition) is 0. The van der Waals surface area contributed by atoms with Gasteiger partial charge in [-0.2, -0.15) is 0 Å². The van der Waals surface area contributed by atoms with Crippen LogP contribution in [0.3, 0.4) is 0 Å². The Labute approximate surface area is 296 Å². The van der Waals surface area contributed by atoms with Crippen LogP contribution >= 0.6 is 8.38 Å². The third kappa shape index (κ3) is 5.35. The second-order valence-corrected chi connectivity index (χ2v) is 16.2. The van der Waals surface area contributed by atoms with Crippen LogP contribution in [-0.2, 0) is 35.5 Å². The Hall–Kier alpha value is -4.41. The highest BCUT2D eigenvalue weighted by molar-refractivity contribution is 7.49. The highest BCUT2D eigenvalue weighted by Crippen LogP contribution is 2.69. The van der Waals surface area contributed by atoms with E-state index in [2.05, 4.69) is 142 Å². The second kappa shape index (κ2) is 13.0. The molecular weight excluding hydrogens is 635 g/mol. The zero-order chi connectivity index (χ0) is 34.2. The first-order chi connectivity index (χ1) is 24.4. The minimum atomic E-state index is -1.63. The molecule has 2 fully saturated rings. The van der Waals surface area contributed by atoms with E-state index in [1.807, 2.05) is 60.7 Å². The molecule has 0 unspecified atom stereocenters. The smallest absolute Gasteiger partial charge is 0.223 e. The largest absolute Gasteiger partial charge is 0.332 e. The van der Waals surface area contributed by atoms with E-state index in [1.165, 1.54) is 0 Å². The lowest BCUT2D eigenvalue weighted by molar-refractivity contribution is -0.178. The van der Waals surface area contributed by atoms with E-state index in [1.54, 1.807) is 0 Å². The quantitative estimate of drug-likeness (QED) is 0.165. The van der Waals surface area contributed by atoms with Gasteiger partial charge in [-0.05, 0) is 22.3 Å². The second-order valence-electron chi connectivity index (χ2n) is 14.0. The van der Waals surface area contributed by atoms with Crippen molar-refractivity contribution in [3.63, 3.8) is 0 Å². The third-order valence-corrected chi connectivity index (χ3v) is 11.8. The molecule has 6 aromatic rings. The molecule has 0 amide bonds. The number of hydrogen-bond acceptors (Lipinski definition) is 4. The van der Waals surface area contributed by atoms with Gasteiger partial charge in [0.1, 0.15) is 12.2 Å². The summed E-state index contributed by atoms with van der Waals surface area (Å²) in [6.45, 7) is 6.59. The molecule has 0 bridgehead atoms. The fraction of sp³-hybridized carbons (Fsp3) is 0.200. The molecule has 2 atom stereocenters. The lowest BCUT2D eigenvalue weighted by Crippen LogP contribution is -2.53. The van der Waals surface area contributed by atoms with Gasteiger partial charge >= 0.3 is 0 Å². The SMILES string of the molecule is CC(C)(C)P1OC(c2ccccc2)(c2ccccc2)[C@@H]2OC(c3ccccc3)(c3ccccc3)O[C@H]2C(c2ccccc2)(c2ccccc2)O1. The molecule has 2 saturated heterocycles. The average Bonchev–Trinajstić information content (AvgIpc) is 3.54. The predicted octanol–water partition coefficient (Wildman–Crippen LogP) is 10.7. The van der Waals surface area contributed by atoms with Gasteiger partial charge in [-0.15, -0.1) is 0 Å². The lowest BCUT2D eigenvalue weighted by atomic mass is 9.72. The van der Waals surface area contributed by atoms with Crippen LogP contribution in [0.4, 0.5) is 0 Å². The summed E-state index contributed by atoms with van der Waals surface area (Å²) in [5.74, 6) is -1.30. The minimum Gasteiger partial charge on any atom is -0.332 e. The van der Waals surface area contributed by atoms with E-state index in [4.69, 9.17) is 18.5 Å². The Morgan fingerprint density at radius 3 is 0.860 bits per heavy atom. The van der Waals surface area contributed by atoms with Crippen molar-refractivity contribution in [2.45, 2.75) is 55.1 Å². The van der Waals surface area contributed by atoms with Crippen LogP contribution < -0.4 is 0 Å². The Balaban J connectivity index is 1.52. The first kappa shape index (κ1) is 32.8. The maximum absolute atomic E-state index is 7.77. The van der Waals surface area contributed by atoms with Crippen molar-refractivity contribution in [1.29, 1.82) is 0 Å². The molecule has 4 nitrogen and oxygen atoms in total. The zero-order valence-corrected chi connectivity index (χ0v) is 29.4. The van der Waals surface area contributed by atoms with Crippen LogP contribution in [-0.4, -0.2) is 17.4 Å². The predicted molar refractivity (Wildman–Crippen MR) is 200 cm³/mol. The Morgan fingerprint density at radius 1 is 0.380 bits per heavy atom. The van der Waals surface area contributed by atoms with Gasteiger partial charge in [0, 0.05) is 16.3 Å². The van der Waals surface area contributed by atoms with Crippen LogP contribution in [0.5, 0.6) is 0 Å². The molecule has 2 aliphatic rings. The van der Waals surface area contributed by atoms with E-state index in [-0.39, 0.29) is 0 Å². The molecule has 250 valence electrons. The summed E-state index contributed by atoms with van der Waals surface area (Å²) in [5.41, 5.74) is 3.40. The van der Waals surface area contributed by atoms with Crippen molar-refractivity contribution in [3.8, 4) is 0 Å². The molecule has 0 radical (unpaired) electrons. The molecule has 0 spiro atoms. The summed E-state index contributed by atoms with van der Waals surface area (Å²) in [6, 6.07) is 62.4. The summed E-state index contributed by atoms with van der Waals surface area (Å²) < 4.78 is 31.0. The molecule has 0 aliphatic carbocycles. The van der Waals surface area contributed by atoms with Crippen molar-refractivity contribution in [2.75, 3.05) is 0 Å². The molecule has 2 aliphatic heterocycles. The third-order valence-electron chi connectivity index (χ3n) is 9.78. The Kier molecular flexibility index (Phi) is 8.55. The summed E-state index contributed by atoms with van der Waals surface area (Å²) >= 11 is 0. The van der Waals surface area contributed by atoms with Crippen molar-refractivity contribution >= 4 is 8.38 Å². The lowest BCUT2D eigenvalue weighted by Gasteiger charge is -2.43. The Morgan fingerprint density at radius 2 is 0.620 bits per heavy atom. The van der Waals surface area contributed by atoms with Crippen molar-refractivity contribution in [3.05, 3.63) is 215 Å². The molecular formula is C45H41O4P. The van der Waals surface area contributed by atoms with Gasteiger partial charge in [0.2, 0.25) is 5.79 Å². The fourth-order valence-electron chi connectivity index (χ4n) is 7.46. The first-order valence-electron chi connectivity index (χ1n) is 17.3. The van der Waals surface area contributed by atoms with Crippen molar-refractivity contribution in [1.82, 2.24) is 0 Å². The van der Waals surface area contributed by atoms with E-state index >= 15 is 0 Å². The highest BCUT2D eigenvalue weighted by Gasteiger charge is 2.69. The number of rotatable bonds is 6. The van der Waals surface area contributed by atoms with Crippen LogP contribution in [0.25, 0.3) is 0 Å². The molecule has 50 heavy (non-hydrogen) atoms. The van der Waals surface area contributed by atoms with Crippen LogP contribution in [0.15, 0.2) is 182 Å². The number of fused-ring (bicyclic) bond motifs is 1. The molecule has 6 aromatic carbocycles. The molecule has 2 heterocycles. The standard InChI is InChI=1S/C45H41O4P/c1-42(2,3)50-48-43(34-22-10-4-11-23-34,35-24-12-5-13-25-35)40-41(44(49-50,36-26-14-6-15-27-36)37-28-16-7-17-29-37)47-45(46-40,38-30-18-8-19-31-38)39-32-20-9-21-33-39/h4-33,40-41H,1-3H3/t40-,41-/m1/s1. The van der Waals surface area contributed by atoms with Crippen molar-refractivity contribution in [2.24, 2.45) is 0 Å². The van der Waals surface area contributed by atoms with Gasteiger partial charge in [-0.1, -0.05) is 203 Å². The maximum atomic E-state index is 7.77. The van der Waals surface area contributed by atoms with Gasteiger partial charge in [0.25, 0.3) is 0 Å². The minimum absolute atomic E-state index is 0.395. The van der Waals surface area contributed by atoms with Crippen molar-refractivity contribution < 1.29 is 18.5 Å². The van der Waals surface area contributed by atoms with Crippen LogP contribution in [0.1, 0.15) is 54.2 Å². The average molecular weight is 677 g/mol. The maximum Gasteiger partial charge on any atom is 0.223 e. The molecule has 8 rings (SSSR count). The van der Waals surface area contributed by atoms with Crippen LogP contribution in [0.2, 0.25) is 0 Å². The first-order valence-corrected chi connectivity index (χ1v) is 18.4. The molecule has 0 aromatic heterocycles. The van der Waals surface area contributed by atoms with E-state index in [0.29, 0.717) is 0 Å².